The fourth-order valence-corrected chi connectivity index (χ4v) is 2.23. The van der Waals surface area contributed by atoms with E-state index in [1.165, 1.54) is 12.8 Å². The van der Waals surface area contributed by atoms with Crippen LogP contribution in [0, 0.1) is 17.2 Å². The number of halogens is 1. The minimum atomic E-state index is 0.496. The van der Waals surface area contributed by atoms with Crippen molar-refractivity contribution in [3.05, 3.63) is 22.8 Å². The summed E-state index contributed by atoms with van der Waals surface area (Å²) >= 11 is 6.26. The Morgan fingerprint density at radius 3 is 2.83 bits per heavy atom. The Balaban J connectivity index is 2.23. The van der Waals surface area contributed by atoms with Crippen LogP contribution < -0.4 is 4.90 Å². The maximum atomic E-state index is 9.02. The molecule has 0 saturated heterocycles. The zero-order chi connectivity index (χ0) is 13.1. The zero-order valence-electron chi connectivity index (χ0n) is 10.9. The van der Waals surface area contributed by atoms with Gasteiger partial charge in [-0.2, -0.15) is 5.26 Å². The second-order valence-electron chi connectivity index (χ2n) is 5.21. The Bertz CT molecular complexity index is 461. The van der Waals surface area contributed by atoms with Gasteiger partial charge in [0.2, 0.25) is 0 Å². The molecular weight excluding hydrogens is 246 g/mol. The third kappa shape index (κ3) is 2.94. The summed E-state index contributed by atoms with van der Waals surface area (Å²) in [5.41, 5.74) is 0.511. The van der Waals surface area contributed by atoms with Crippen molar-refractivity contribution in [1.29, 1.82) is 5.26 Å². The summed E-state index contributed by atoms with van der Waals surface area (Å²) in [6.45, 7) is 5.39. The monoisotopic (exact) mass is 263 g/mol. The van der Waals surface area contributed by atoms with Crippen molar-refractivity contribution in [1.82, 2.24) is 4.98 Å². The van der Waals surface area contributed by atoms with E-state index < -0.39 is 0 Å². The molecule has 96 valence electrons. The lowest BCUT2D eigenvalue weighted by Gasteiger charge is -2.25. The van der Waals surface area contributed by atoms with Crippen LogP contribution in [-0.4, -0.2) is 17.6 Å². The lowest BCUT2D eigenvalue weighted by molar-refractivity contribution is 0.568. The molecular formula is C14H18ClN3. The van der Waals surface area contributed by atoms with Crippen LogP contribution in [0.15, 0.2) is 12.3 Å². The average Bonchev–Trinajstić information content (AvgIpc) is 3.15. The average molecular weight is 264 g/mol. The van der Waals surface area contributed by atoms with E-state index in [0.29, 0.717) is 22.5 Å². The Morgan fingerprint density at radius 1 is 1.56 bits per heavy atom. The lowest BCUT2D eigenvalue weighted by Crippen LogP contribution is -2.29. The highest BCUT2D eigenvalue weighted by atomic mass is 35.5. The third-order valence-electron chi connectivity index (χ3n) is 3.20. The Morgan fingerprint density at radius 2 is 2.28 bits per heavy atom. The molecule has 1 fully saturated rings. The molecule has 1 aromatic rings. The van der Waals surface area contributed by atoms with Crippen molar-refractivity contribution < 1.29 is 0 Å². The molecule has 3 nitrogen and oxygen atoms in total. The molecule has 1 aliphatic rings. The summed E-state index contributed by atoms with van der Waals surface area (Å²) < 4.78 is 0. The smallest absolute Gasteiger partial charge is 0.148 e. The summed E-state index contributed by atoms with van der Waals surface area (Å²) in [7, 11) is 0. The fourth-order valence-electron chi connectivity index (χ4n) is 1.96. The molecule has 1 heterocycles. The third-order valence-corrected chi connectivity index (χ3v) is 3.57. The summed E-state index contributed by atoms with van der Waals surface area (Å²) in [4.78, 5) is 6.64. The first-order chi connectivity index (χ1) is 8.63. The maximum absolute atomic E-state index is 9.02. The van der Waals surface area contributed by atoms with E-state index in [1.807, 2.05) is 0 Å². The summed E-state index contributed by atoms with van der Waals surface area (Å²) in [5, 5.41) is 9.51. The van der Waals surface area contributed by atoms with Crippen LogP contribution in [-0.2, 0) is 0 Å². The molecule has 1 aromatic heterocycles. The van der Waals surface area contributed by atoms with Gasteiger partial charge in [-0.05, 0) is 31.2 Å². The van der Waals surface area contributed by atoms with Crippen molar-refractivity contribution in [2.75, 3.05) is 11.4 Å². The fraction of sp³-hybridized carbons (Fsp3) is 0.571. The number of aromatic nitrogens is 1. The zero-order valence-corrected chi connectivity index (χ0v) is 11.6. The molecule has 0 bridgehead atoms. The van der Waals surface area contributed by atoms with E-state index in [1.54, 1.807) is 12.3 Å². The molecule has 2 rings (SSSR count). The number of pyridine rings is 1. The van der Waals surface area contributed by atoms with Gasteiger partial charge in [0.25, 0.3) is 0 Å². The van der Waals surface area contributed by atoms with Crippen LogP contribution in [0.5, 0.6) is 0 Å². The maximum Gasteiger partial charge on any atom is 0.148 e. The van der Waals surface area contributed by atoms with Gasteiger partial charge in [-0.1, -0.05) is 25.4 Å². The molecule has 0 aliphatic heterocycles. The second kappa shape index (κ2) is 5.58. The van der Waals surface area contributed by atoms with Gasteiger partial charge in [0.1, 0.15) is 16.9 Å². The number of anilines is 1. The van der Waals surface area contributed by atoms with Crippen LogP contribution in [0.1, 0.15) is 38.7 Å². The van der Waals surface area contributed by atoms with Gasteiger partial charge in [0, 0.05) is 18.8 Å². The van der Waals surface area contributed by atoms with E-state index in [4.69, 9.17) is 16.9 Å². The Labute approximate surface area is 113 Å². The van der Waals surface area contributed by atoms with Crippen LogP contribution in [0.3, 0.4) is 0 Å². The minimum absolute atomic E-state index is 0.496. The summed E-state index contributed by atoms with van der Waals surface area (Å²) in [6, 6.07) is 4.34. The molecule has 1 aliphatic carbocycles. The molecule has 4 heteroatoms. The van der Waals surface area contributed by atoms with Crippen LogP contribution in [0.2, 0.25) is 5.02 Å². The van der Waals surface area contributed by atoms with Crippen LogP contribution >= 0.6 is 11.6 Å². The van der Waals surface area contributed by atoms with E-state index in [9.17, 15) is 0 Å². The van der Waals surface area contributed by atoms with Gasteiger partial charge in [0.05, 0.1) is 5.56 Å². The molecule has 0 amide bonds. The Kier molecular flexibility index (Phi) is 4.08. The lowest BCUT2D eigenvalue weighted by atomic mass is 10.1. The number of hydrogen-bond donors (Lipinski definition) is 0. The first-order valence-corrected chi connectivity index (χ1v) is 6.82. The predicted octanol–water partition coefficient (Wildman–Crippen LogP) is 3.62. The Hall–Kier alpha value is -1.27. The van der Waals surface area contributed by atoms with Crippen molar-refractivity contribution >= 4 is 17.4 Å². The van der Waals surface area contributed by atoms with Crippen molar-refractivity contribution in [2.45, 2.75) is 39.2 Å². The SMILES string of the molecule is CC(C)CCN(c1nccc(C#N)c1Cl)C1CC1. The highest BCUT2D eigenvalue weighted by Crippen LogP contribution is 2.35. The standard InChI is InChI=1S/C14H18ClN3/c1-10(2)6-8-18(12-3-4-12)14-13(15)11(9-16)5-7-17-14/h5,7,10,12H,3-4,6,8H2,1-2H3. The molecule has 0 radical (unpaired) electrons. The van der Waals surface area contributed by atoms with Crippen LogP contribution in [0.4, 0.5) is 5.82 Å². The van der Waals surface area contributed by atoms with E-state index in [0.717, 1.165) is 18.8 Å². The number of rotatable bonds is 5. The van der Waals surface area contributed by atoms with Crippen LogP contribution in [0.25, 0.3) is 0 Å². The predicted molar refractivity (Wildman–Crippen MR) is 73.8 cm³/mol. The van der Waals surface area contributed by atoms with Gasteiger partial charge >= 0.3 is 0 Å². The van der Waals surface area contributed by atoms with E-state index in [-0.39, 0.29) is 0 Å². The summed E-state index contributed by atoms with van der Waals surface area (Å²) in [6.07, 6.45) is 5.19. The largest absolute Gasteiger partial charge is 0.352 e. The molecule has 0 atom stereocenters. The van der Waals surface area contributed by atoms with Crippen molar-refractivity contribution in [2.24, 2.45) is 5.92 Å². The first kappa shape index (κ1) is 13.2. The molecule has 18 heavy (non-hydrogen) atoms. The topological polar surface area (TPSA) is 39.9 Å². The highest BCUT2D eigenvalue weighted by Gasteiger charge is 2.31. The second-order valence-corrected chi connectivity index (χ2v) is 5.59. The molecule has 1 saturated carbocycles. The summed E-state index contributed by atoms with van der Waals surface area (Å²) in [5.74, 6) is 1.43. The van der Waals surface area contributed by atoms with Crippen molar-refractivity contribution in [3.8, 4) is 6.07 Å². The number of nitriles is 1. The van der Waals surface area contributed by atoms with Gasteiger partial charge in [-0.3, -0.25) is 0 Å². The number of nitrogens with zero attached hydrogens (tertiary/aromatic N) is 3. The molecule has 0 spiro atoms. The van der Waals surface area contributed by atoms with Gasteiger partial charge in [0.15, 0.2) is 0 Å². The first-order valence-electron chi connectivity index (χ1n) is 6.44. The van der Waals surface area contributed by atoms with Gasteiger partial charge < -0.3 is 4.90 Å². The molecule has 0 unspecified atom stereocenters. The van der Waals surface area contributed by atoms with E-state index >= 15 is 0 Å². The minimum Gasteiger partial charge on any atom is -0.352 e. The normalized spacial score (nSPS) is 14.6. The van der Waals surface area contributed by atoms with Gasteiger partial charge in [-0.25, -0.2) is 4.98 Å². The molecule has 0 aromatic carbocycles. The highest BCUT2D eigenvalue weighted by molar-refractivity contribution is 6.34. The van der Waals surface area contributed by atoms with Crippen molar-refractivity contribution in [3.63, 3.8) is 0 Å². The molecule has 0 N–H and O–H groups in total. The quantitative estimate of drug-likeness (QED) is 0.815. The van der Waals surface area contributed by atoms with E-state index in [2.05, 4.69) is 29.8 Å². The number of hydrogen-bond acceptors (Lipinski definition) is 3. The van der Waals surface area contributed by atoms with Gasteiger partial charge in [-0.15, -0.1) is 0 Å².